The van der Waals surface area contributed by atoms with Gasteiger partial charge in [0.1, 0.15) is 33.5 Å². The van der Waals surface area contributed by atoms with Gasteiger partial charge in [0.05, 0.1) is 44.5 Å². The predicted molar refractivity (Wildman–Crippen MR) is 343 cm³/mol. The number of para-hydroxylation sites is 6. The molecule has 0 radical (unpaired) electrons. The van der Waals surface area contributed by atoms with Gasteiger partial charge in [0.15, 0.2) is 5.82 Å². The molecule has 7 heterocycles. The van der Waals surface area contributed by atoms with Crippen LogP contribution in [0.5, 0.6) is 0 Å². The second kappa shape index (κ2) is 17.0. The molecule has 8 heteroatoms. The van der Waals surface area contributed by atoms with Gasteiger partial charge in [-0.05, 0) is 127 Å². The van der Waals surface area contributed by atoms with Crippen LogP contribution in [-0.4, -0.2) is 23.7 Å². The third-order valence-corrected chi connectivity index (χ3v) is 17.4. The first-order chi connectivity index (χ1) is 41.6. The van der Waals surface area contributed by atoms with E-state index in [2.05, 4.69) is 238 Å². The van der Waals surface area contributed by atoms with Crippen molar-refractivity contribution in [3.05, 3.63) is 261 Å². The van der Waals surface area contributed by atoms with Crippen molar-refractivity contribution in [2.24, 2.45) is 0 Å². The van der Waals surface area contributed by atoms with E-state index in [4.69, 9.17) is 23.2 Å². The molecule has 0 N–H and O–H groups in total. The zero-order valence-corrected chi connectivity index (χ0v) is 44.8. The molecule has 19 rings (SSSR count). The van der Waals surface area contributed by atoms with Crippen molar-refractivity contribution in [3.63, 3.8) is 0 Å². The SMILES string of the molecule is c1cc(-c2cc(-c3ccc(-n4c5ccccc5c5cc6oc7ccccc7c6cc54)cc3)nc(-c3ccc(-n4c5ccccc5c5cc6oc7ccccc7c6cc54)cc3)n2)cc(-n2c3ccccc3c3cc4oc5ccccc5c4cc32)c1. The van der Waals surface area contributed by atoms with Crippen LogP contribution >= 0.6 is 0 Å². The summed E-state index contributed by atoms with van der Waals surface area (Å²) in [5, 5.41) is 13.5. The van der Waals surface area contributed by atoms with Gasteiger partial charge in [-0.25, -0.2) is 9.97 Å². The fraction of sp³-hybridized carbons (Fsp3) is 0. The van der Waals surface area contributed by atoms with Gasteiger partial charge in [-0.1, -0.05) is 133 Å². The molecule has 19 aromatic rings. The van der Waals surface area contributed by atoms with Crippen LogP contribution < -0.4 is 0 Å². The van der Waals surface area contributed by atoms with Gasteiger partial charge >= 0.3 is 0 Å². The molecule has 84 heavy (non-hydrogen) atoms. The lowest BCUT2D eigenvalue weighted by molar-refractivity contribution is 0.669. The Morgan fingerprint density at radius 1 is 0.214 bits per heavy atom. The molecule has 8 nitrogen and oxygen atoms in total. The molecule has 0 bridgehead atoms. The highest BCUT2D eigenvalue weighted by molar-refractivity contribution is 6.20. The Morgan fingerprint density at radius 3 is 1.02 bits per heavy atom. The van der Waals surface area contributed by atoms with Crippen molar-refractivity contribution < 1.29 is 13.3 Å². The number of fused-ring (bicyclic) bond motifs is 18. The van der Waals surface area contributed by atoms with Crippen LogP contribution in [0.15, 0.2) is 274 Å². The van der Waals surface area contributed by atoms with Gasteiger partial charge in [-0.2, -0.15) is 0 Å². The van der Waals surface area contributed by atoms with Gasteiger partial charge in [0.25, 0.3) is 0 Å². The first kappa shape index (κ1) is 45.3. The van der Waals surface area contributed by atoms with Gasteiger partial charge in [-0.15, -0.1) is 0 Å². The van der Waals surface area contributed by atoms with Crippen molar-refractivity contribution in [2.75, 3.05) is 0 Å². The van der Waals surface area contributed by atoms with Crippen molar-refractivity contribution >= 4 is 131 Å². The predicted octanol–water partition coefficient (Wildman–Crippen LogP) is 20.5. The van der Waals surface area contributed by atoms with Crippen LogP contribution in [0, 0.1) is 0 Å². The standard InChI is InChI=1S/C76H43N5O3/c1-7-22-64-50(16-1)56-40-73-59(53-19-4-10-25-70(53)82-73)37-67(56)79(64)47-32-28-44(29-33-47)62-43-63(46-14-13-15-49(36-46)81-66-24-9-3-18-52(66)58-42-75-61(39-69(58)81)55-21-6-12-27-72(55)84-75)78-76(77-62)45-30-34-48(35-31-45)80-65-23-8-2-17-51(65)57-41-74-60(38-68(57)80)54-20-5-11-26-71(54)83-74/h1-43H. The fourth-order valence-corrected chi connectivity index (χ4v) is 13.6. The quantitative estimate of drug-likeness (QED) is 0.166. The smallest absolute Gasteiger partial charge is 0.160 e. The monoisotopic (exact) mass is 1070 g/mol. The van der Waals surface area contributed by atoms with Gasteiger partial charge in [-0.3, -0.25) is 0 Å². The molecular formula is C76H43N5O3. The molecule has 0 saturated carbocycles. The summed E-state index contributed by atoms with van der Waals surface area (Å²) in [7, 11) is 0. The fourth-order valence-electron chi connectivity index (χ4n) is 13.6. The van der Waals surface area contributed by atoms with E-state index in [0.717, 1.165) is 166 Å². The second-order valence-corrected chi connectivity index (χ2v) is 22.1. The summed E-state index contributed by atoms with van der Waals surface area (Å²) in [5.74, 6) is 0.627. The van der Waals surface area contributed by atoms with Crippen LogP contribution in [0.1, 0.15) is 0 Å². The van der Waals surface area contributed by atoms with E-state index in [-0.39, 0.29) is 0 Å². The van der Waals surface area contributed by atoms with Crippen molar-refractivity contribution in [3.8, 4) is 51.0 Å². The Labute approximate surface area is 477 Å². The second-order valence-electron chi connectivity index (χ2n) is 22.1. The van der Waals surface area contributed by atoms with Crippen LogP contribution in [0.25, 0.3) is 182 Å². The largest absolute Gasteiger partial charge is 0.456 e. The first-order valence-corrected chi connectivity index (χ1v) is 28.4. The molecule has 390 valence electrons. The third kappa shape index (κ3) is 6.53. The first-order valence-electron chi connectivity index (χ1n) is 28.4. The van der Waals surface area contributed by atoms with Crippen molar-refractivity contribution in [2.45, 2.75) is 0 Å². The maximum Gasteiger partial charge on any atom is 0.160 e. The van der Waals surface area contributed by atoms with Gasteiger partial charge < -0.3 is 27.0 Å². The average molecular weight is 1070 g/mol. The van der Waals surface area contributed by atoms with E-state index < -0.39 is 0 Å². The van der Waals surface area contributed by atoms with E-state index in [1.165, 1.54) is 10.8 Å². The highest BCUT2D eigenvalue weighted by Gasteiger charge is 2.22. The van der Waals surface area contributed by atoms with Crippen molar-refractivity contribution in [1.82, 2.24) is 23.7 Å². The zero-order valence-electron chi connectivity index (χ0n) is 44.8. The molecule has 12 aromatic carbocycles. The van der Waals surface area contributed by atoms with E-state index in [1.807, 2.05) is 36.4 Å². The minimum absolute atomic E-state index is 0.627. The van der Waals surface area contributed by atoms with E-state index in [0.29, 0.717) is 5.82 Å². The summed E-state index contributed by atoms with van der Waals surface area (Å²) in [6, 6.07) is 92.6. The topological polar surface area (TPSA) is 80.0 Å². The lowest BCUT2D eigenvalue weighted by atomic mass is 10.1. The summed E-state index contributed by atoms with van der Waals surface area (Å²) < 4.78 is 26.3. The number of nitrogens with zero attached hydrogens (tertiary/aromatic N) is 5. The molecule has 0 atom stereocenters. The van der Waals surface area contributed by atoms with E-state index >= 15 is 0 Å². The number of benzene rings is 12. The van der Waals surface area contributed by atoms with Crippen LogP contribution in [-0.2, 0) is 0 Å². The number of rotatable bonds is 6. The Bertz CT molecular complexity index is 5740. The molecule has 0 amide bonds. The minimum atomic E-state index is 0.627. The summed E-state index contributed by atoms with van der Waals surface area (Å²) in [6.07, 6.45) is 0. The normalized spacial score (nSPS) is 12.3. The molecule has 0 aliphatic heterocycles. The molecule has 0 unspecified atom stereocenters. The Morgan fingerprint density at radius 2 is 0.583 bits per heavy atom. The molecule has 0 aliphatic rings. The molecule has 0 saturated heterocycles. The summed E-state index contributed by atoms with van der Waals surface area (Å²) in [4.78, 5) is 10.9. The molecule has 0 aliphatic carbocycles. The molecule has 0 spiro atoms. The van der Waals surface area contributed by atoms with Crippen LogP contribution in [0.4, 0.5) is 0 Å². The summed E-state index contributed by atoms with van der Waals surface area (Å²) >= 11 is 0. The minimum Gasteiger partial charge on any atom is -0.456 e. The lowest BCUT2D eigenvalue weighted by Crippen LogP contribution is -1.99. The number of hydrogen-bond acceptors (Lipinski definition) is 5. The summed E-state index contributed by atoms with van der Waals surface area (Å²) in [5.41, 5.74) is 19.6. The highest BCUT2D eigenvalue weighted by atomic mass is 16.3. The Hall–Kier alpha value is -11.5. The highest BCUT2D eigenvalue weighted by Crippen LogP contribution is 2.43. The van der Waals surface area contributed by atoms with E-state index in [1.54, 1.807) is 0 Å². The Kier molecular flexibility index (Phi) is 9.18. The maximum atomic E-state index is 6.43. The van der Waals surface area contributed by atoms with Crippen LogP contribution in [0.2, 0.25) is 0 Å². The average Bonchev–Trinajstić information content (AvgIpc) is 2.12. The zero-order chi connectivity index (χ0) is 54.7. The van der Waals surface area contributed by atoms with Crippen LogP contribution in [0.3, 0.4) is 0 Å². The molecule has 7 aromatic heterocycles. The van der Waals surface area contributed by atoms with E-state index in [9.17, 15) is 0 Å². The Balaban J connectivity index is 0.776. The maximum absolute atomic E-state index is 6.43. The summed E-state index contributed by atoms with van der Waals surface area (Å²) in [6.45, 7) is 0. The molecular weight excluding hydrogens is 1030 g/mol. The van der Waals surface area contributed by atoms with Crippen molar-refractivity contribution in [1.29, 1.82) is 0 Å². The van der Waals surface area contributed by atoms with Gasteiger partial charge in [0.2, 0.25) is 0 Å². The molecule has 0 fully saturated rings. The lowest BCUT2D eigenvalue weighted by Gasteiger charge is -2.13. The third-order valence-electron chi connectivity index (χ3n) is 17.4. The number of furan rings is 3. The van der Waals surface area contributed by atoms with Gasteiger partial charge in [0, 0.05) is 98.4 Å². The number of aromatic nitrogens is 5. The number of hydrogen-bond donors (Lipinski definition) is 0.